The van der Waals surface area contributed by atoms with Crippen molar-refractivity contribution in [3.8, 4) is 0 Å². The van der Waals surface area contributed by atoms with Gasteiger partial charge in [-0.25, -0.2) is 4.39 Å². The Morgan fingerprint density at radius 3 is 2.32 bits per heavy atom. The van der Waals surface area contributed by atoms with Crippen molar-refractivity contribution in [2.75, 3.05) is 6.54 Å². The van der Waals surface area contributed by atoms with Crippen LogP contribution < -0.4 is 5.32 Å². The molecule has 7 nitrogen and oxygen atoms in total. The van der Waals surface area contributed by atoms with Gasteiger partial charge in [0, 0.05) is 13.3 Å². The molecule has 0 saturated carbocycles. The zero-order chi connectivity index (χ0) is 24.2. The SMILES string of the molecule is Cc1nnc(CC(=O)N2CC(F)CC2C(=O)NC(c2ccccc2)c2ccc(C(C)C)cc2)o1. The van der Waals surface area contributed by atoms with Crippen molar-refractivity contribution in [3.05, 3.63) is 83.1 Å². The molecule has 2 aromatic carbocycles. The normalized spacial score (nSPS) is 18.8. The second kappa shape index (κ2) is 10.2. The van der Waals surface area contributed by atoms with Crippen LogP contribution in [0.2, 0.25) is 0 Å². The van der Waals surface area contributed by atoms with E-state index in [2.05, 4.69) is 41.5 Å². The molecular formula is C26H29FN4O3. The second-order valence-corrected chi connectivity index (χ2v) is 8.96. The Hall–Kier alpha value is -3.55. The number of hydrogen-bond acceptors (Lipinski definition) is 5. The first-order valence-electron chi connectivity index (χ1n) is 11.5. The van der Waals surface area contributed by atoms with E-state index in [4.69, 9.17) is 4.42 Å². The van der Waals surface area contributed by atoms with E-state index in [0.29, 0.717) is 11.8 Å². The summed E-state index contributed by atoms with van der Waals surface area (Å²) in [6.45, 7) is 5.74. The monoisotopic (exact) mass is 464 g/mol. The molecule has 4 rings (SSSR count). The van der Waals surface area contributed by atoms with Crippen LogP contribution in [0, 0.1) is 6.92 Å². The van der Waals surface area contributed by atoms with Crippen molar-refractivity contribution in [1.82, 2.24) is 20.4 Å². The highest BCUT2D eigenvalue weighted by Crippen LogP contribution is 2.27. The molecule has 1 aliphatic heterocycles. The van der Waals surface area contributed by atoms with Crippen LogP contribution in [0.3, 0.4) is 0 Å². The van der Waals surface area contributed by atoms with Crippen molar-refractivity contribution in [1.29, 1.82) is 0 Å². The van der Waals surface area contributed by atoms with Crippen LogP contribution in [-0.2, 0) is 16.0 Å². The lowest BCUT2D eigenvalue weighted by Crippen LogP contribution is -2.47. The molecule has 1 saturated heterocycles. The van der Waals surface area contributed by atoms with E-state index in [9.17, 15) is 14.0 Å². The van der Waals surface area contributed by atoms with Gasteiger partial charge in [0.1, 0.15) is 18.6 Å². The fraction of sp³-hybridized carbons (Fsp3) is 0.385. The molecule has 1 fully saturated rings. The number of nitrogens with zero attached hydrogens (tertiary/aromatic N) is 3. The number of carbonyl (C=O) groups is 2. The smallest absolute Gasteiger partial charge is 0.243 e. The summed E-state index contributed by atoms with van der Waals surface area (Å²) in [6, 6.07) is 16.4. The third-order valence-corrected chi connectivity index (χ3v) is 6.10. The first kappa shape index (κ1) is 23.6. The fourth-order valence-electron chi connectivity index (χ4n) is 4.27. The zero-order valence-corrected chi connectivity index (χ0v) is 19.6. The van der Waals surface area contributed by atoms with Crippen molar-refractivity contribution in [2.24, 2.45) is 0 Å². The Morgan fingerprint density at radius 1 is 1.06 bits per heavy atom. The minimum atomic E-state index is -1.27. The predicted molar refractivity (Wildman–Crippen MR) is 125 cm³/mol. The number of aromatic nitrogens is 2. The van der Waals surface area contributed by atoms with Gasteiger partial charge in [-0.3, -0.25) is 9.59 Å². The molecule has 8 heteroatoms. The van der Waals surface area contributed by atoms with E-state index in [1.165, 1.54) is 10.5 Å². The lowest BCUT2D eigenvalue weighted by atomic mass is 9.95. The molecule has 34 heavy (non-hydrogen) atoms. The average molecular weight is 465 g/mol. The molecule has 1 N–H and O–H groups in total. The molecule has 3 unspecified atom stereocenters. The second-order valence-electron chi connectivity index (χ2n) is 8.96. The topological polar surface area (TPSA) is 88.3 Å². The van der Waals surface area contributed by atoms with Gasteiger partial charge in [0.2, 0.25) is 23.6 Å². The molecule has 0 spiro atoms. The first-order valence-corrected chi connectivity index (χ1v) is 11.5. The standard InChI is InChI=1S/C26H29FN4O3/c1-16(2)18-9-11-20(12-10-18)25(19-7-5-4-6-8-19)28-26(33)22-13-21(27)15-31(22)24(32)14-23-30-29-17(3)34-23/h4-12,16,21-22,25H,13-15H2,1-3H3,(H,28,33). The third-order valence-electron chi connectivity index (χ3n) is 6.10. The highest BCUT2D eigenvalue weighted by Gasteiger charge is 2.40. The van der Waals surface area contributed by atoms with Crippen LogP contribution >= 0.6 is 0 Å². The number of amides is 2. The van der Waals surface area contributed by atoms with Crippen LogP contribution in [0.5, 0.6) is 0 Å². The highest BCUT2D eigenvalue weighted by atomic mass is 19.1. The van der Waals surface area contributed by atoms with Crippen molar-refractivity contribution >= 4 is 11.8 Å². The van der Waals surface area contributed by atoms with Crippen LogP contribution in [-0.4, -0.2) is 45.7 Å². The first-order chi connectivity index (χ1) is 16.3. The van der Waals surface area contributed by atoms with Gasteiger partial charge < -0.3 is 14.6 Å². The van der Waals surface area contributed by atoms with Gasteiger partial charge in [0.15, 0.2) is 0 Å². The molecule has 3 aromatic rings. The molecule has 0 radical (unpaired) electrons. The fourth-order valence-corrected chi connectivity index (χ4v) is 4.27. The number of hydrogen-bond donors (Lipinski definition) is 1. The number of rotatable bonds is 7. The van der Waals surface area contributed by atoms with E-state index in [1.54, 1.807) is 6.92 Å². The van der Waals surface area contributed by atoms with E-state index in [-0.39, 0.29) is 25.3 Å². The lowest BCUT2D eigenvalue weighted by Gasteiger charge is -2.27. The quantitative estimate of drug-likeness (QED) is 0.573. The van der Waals surface area contributed by atoms with Gasteiger partial charge in [0.25, 0.3) is 0 Å². The largest absolute Gasteiger partial charge is 0.425 e. The van der Waals surface area contributed by atoms with Gasteiger partial charge >= 0.3 is 0 Å². The van der Waals surface area contributed by atoms with Gasteiger partial charge in [0.05, 0.1) is 12.6 Å². The van der Waals surface area contributed by atoms with Gasteiger partial charge in [-0.1, -0.05) is 68.4 Å². The molecule has 2 amide bonds. The van der Waals surface area contributed by atoms with Crippen LogP contribution in [0.4, 0.5) is 4.39 Å². The summed E-state index contributed by atoms with van der Waals surface area (Å²) in [5.74, 6) is 0.0759. The minimum absolute atomic E-state index is 0.0474. The summed E-state index contributed by atoms with van der Waals surface area (Å²) in [6.07, 6.45) is -1.49. The number of alkyl halides is 1. The van der Waals surface area contributed by atoms with Crippen LogP contribution in [0.15, 0.2) is 59.0 Å². The van der Waals surface area contributed by atoms with Crippen LogP contribution in [0.25, 0.3) is 0 Å². The summed E-state index contributed by atoms with van der Waals surface area (Å²) in [5, 5.41) is 10.6. The van der Waals surface area contributed by atoms with Crippen molar-refractivity contribution in [2.45, 2.75) is 57.8 Å². The molecule has 178 valence electrons. The Bertz CT molecular complexity index is 1130. The Morgan fingerprint density at radius 2 is 1.71 bits per heavy atom. The molecule has 0 aliphatic carbocycles. The van der Waals surface area contributed by atoms with Crippen LogP contribution in [0.1, 0.15) is 60.7 Å². The maximum Gasteiger partial charge on any atom is 0.243 e. The summed E-state index contributed by atoms with van der Waals surface area (Å²) >= 11 is 0. The van der Waals surface area contributed by atoms with Gasteiger partial charge in [-0.05, 0) is 22.6 Å². The highest BCUT2D eigenvalue weighted by molar-refractivity contribution is 5.89. The molecular weight excluding hydrogens is 435 g/mol. The number of aryl methyl sites for hydroxylation is 1. The van der Waals surface area contributed by atoms with Crippen molar-refractivity contribution < 1.29 is 18.4 Å². The molecule has 1 aliphatic rings. The summed E-state index contributed by atoms with van der Waals surface area (Å²) in [5.41, 5.74) is 3.02. The number of halogens is 1. The van der Waals surface area contributed by atoms with Gasteiger partial charge in [-0.15, -0.1) is 10.2 Å². The summed E-state index contributed by atoms with van der Waals surface area (Å²) in [4.78, 5) is 27.5. The Kier molecular flexibility index (Phi) is 7.05. The van der Waals surface area contributed by atoms with Gasteiger partial charge in [-0.2, -0.15) is 0 Å². The number of nitrogens with one attached hydrogen (secondary N) is 1. The van der Waals surface area contributed by atoms with E-state index >= 15 is 0 Å². The maximum atomic E-state index is 14.4. The number of carbonyl (C=O) groups excluding carboxylic acids is 2. The van der Waals surface area contributed by atoms with E-state index in [1.807, 2.05) is 42.5 Å². The van der Waals surface area contributed by atoms with E-state index < -0.39 is 30.1 Å². The molecule has 2 heterocycles. The average Bonchev–Trinajstić information content (AvgIpc) is 3.43. The third kappa shape index (κ3) is 5.32. The lowest BCUT2D eigenvalue weighted by molar-refractivity contribution is -0.138. The molecule has 0 bridgehead atoms. The zero-order valence-electron chi connectivity index (χ0n) is 19.6. The summed E-state index contributed by atoms with van der Waals surface area (Å²) in [7, 11) is 0. The van der Waals surface area contributed by atoms with Crippen molar-refractivity contribution in [3.63, 3.8) is 0 Å². The molecule has 3 atom stereocenters. The number of benzene rings is 2. The summed E-state index contributed by atoms with van der Waals surface area (Å²) < 4.78 is 19.6. The number of likely N-dealkylation sites (tertiary alicyclic amines) is 1. The Balaban J connectivity index is 1.55. The minimum Gasteiger partial charge on any atom is -0.425 e. The molecule has 1 aromatic heterocycles. The maximum absolute atomic E-state index is 14.4. The van der Waals surface area contributed by atoms with E-state index in [0.717, 1.165) is 11.1 Å². The Labute approximate surface area is 198 Å². The predicted octanol–water partition coefficient (Wildman–Crippen LogP) is 3.89.